The van der Waals surface area contributed by atoms with Gasteiger partial charge in [-0.25, -0.2) is 14.4 Å². The molecule has 3 aromatic rings. The summed E-state index contributed by atoms with van der Waals surface area (Å²) in [5.41, 5.74) is 2.26. The first kappa shape index (κ1) is 22.9. The summed E-state index contributed by atoms with van der Waals surface area (Å²) in [5.74, 6) is 0.999. The molecule has 4 rings (SSSR count). The average Bonchev–Trinajstić information content (AvgIpc) is 3.28. The van der Waals surface area contributed by atoms with Crippen molar-refractivity contribution in [3.8, 4) is 5.75 Å². The topological polar surface area (TPSA) is 67.3 Å². The monoisotopic (exact) mass is 448 g/mol. The summed E-state index contributed by atoms with van der Waals surface area (Å²) < 4.78 is 19.8. The summed E-state index contributed by atoms with van der Waals surface area (Å²) in [6, 6.07) is 14.3. The van der Waals surface area contributed by atoms with Crippen LogP contribution in [0.1, 0.15) is 53.1 Å². The first-order valence-corrected chi connectivity index (χ1v) is 11.4. The van der Waals surface area contributed by atoms with Crippen molar-refractivity contribution < 1.29 is 13.9 Å². The number of benzene rings is 2. The quantitative estimate of drug-likeness (QED) is 0.528. The second-order valence-corrected chi connectivity index (χ2v) is 8.34. The van der Waals surface area contributed by atoms with E-state index in [1.807, 2.05) is 18.2 Å². The number of hydrogen-bond donors (Lipinski definition) is 1. The molecule has 0 radical (unpaired) electrons. The Hall–Kier alpha value is -3.32. The third kappa shape index (κ3) is 5.54. The normalized spacial score (nSPS) is 16.0. The van der Waals surface area contributed by atoms with Crippen LogP contribution in [-0.4, -0.2) is 40.5 Å². The number of rotatable bonds is 8. The minimum absolute atomic E-state index is 0.139. The maximum absolute atomic E-state index is 13.9. The molecule has 7 heteroatoms. The molecule has 0 unspecified atom stereocenters. The minimum Gasteiger partial charge on any atom is -0.493 e. The van der Waals surface area contributed by atoms with Crippen molar-refractivity contribution in [2.24, 2.45) is 0 Å². The van der Waals surface area contributed by atoms with Gasteiger partial charge in [0.2, 0.25) is 0 Å². The van der Waals surface area contributed by atoms with Gasteiger partial charge in [0.25, 0.3) is 5.91 Å². The molecular formula is C26H29FN4O2. The summed E-state index contributed by atoms with van der Waals surface area (Å²) in [7, 11) is 0. The van der Waals surface area contributed by atoms with Gasteiger partial charge in [0, 0.05) is 30.8 Å². The van der Waals surface area contributed by atoms with Crippen LogP contribution in [-0.2, 0) is 6.54 Å². The lowest BCUT2D eigenvalue weighted by Gasteiger charge is -2.18. The van der Waals surface area contributed by atoms with E-state index in [2.05, 4.69) is 33.2 Å². The first-order valence-electron chi connectivity index (χ1n) is 11.4. The number of nitrogens with zero attached hydrogens (tertiary/aromatic N) is 3. The van der Waals surface area contributed by atoms with E-state index in [0.29, 0.717) is 17.9 Å². The summed E-state index contributed by atoms with van der Waals surface area (Å²) in [6.07, 6.45) is 3.48. The van der Waals surface area contributed by atoms with Crippen molar-refractivity contribution in [3.05, 3.63) is 83.2 Å². The first-order chi connectivity index (χ1) is 16.0. The molecule has 2 aromatic carbocycles. The number of ether oxygens (including phenoxy) is 1. The zero-order valence-corrected chi connectivity index (χ0v) is 19.1. The summed E-state index contributed by atoms with van der Waals surface area (Å²) in [6.45, 7) is 7.22. The molecule has 1 aliphatic heterocycles. The molecule has 33 heavy (non-hydrogen) atoms. The standard InChI is InChI=1S/C26H29FN4O2/c1-3-14-33-24-11-7-4-8-19(24)16-31-13-12-20(17-31)25-28-15-21(18(2)29-25)26(32)30-23-10-6-5-9-22(23)27/h4-11,15,20H,3,12-14,16-17H2,1-2H3,(H,30,32)/t20-/m1/s1. The molecule has 6 nitrogen and oxygen atoms in total. The molecule has 0 bridgehead atoms. The van der Waals surface area contributed by atoms with Crippen LogP contribution in [0, 0.1) is 12.7 Å². The van der Waals surface area contributed by atoms with Crippen molar-refractivity contribution in [1.29, 1.82) is 0 Å². The SMILES string of the molecule is CCCOc1ccccc1CN1CC[C@@H](c2ncc(C(=O)Nc3ccccc3F)c(C)n2)C1. The highest BCUT2D eigenvalue weighted by atomic mass is 19.1. The zero-order valence-electron chi connectivity index (χ0n) is 19.1. The Labute approximate surface area is 193 Å². The van der Waals surface area contributed by atoms with Crippen LogP contribution in [0.15, 0.2) is 54.7 Å². The van der Waals surface area contributed by atoms with E-state index in [4.69, 9.17) is 4.74 Å². The molecule has 2 heterocycles. The predicted molar refractivity (Wildman–Crippen MR) is 126 cm³/mol. The number of hydrogen-bond acceptors (Lipinski definition) is 5. The highest BCUT2D eigenvalue weighted by molar-refractivity contribution is 6.04. The van der Waals surface area contributed by atoms with Crippen molar-refractivity contribution in [2.45, 2.75) is 39.2 Å². The maximum atomic E-state index is 13.9. The van der Waals surface area contributed by atoms with Crippen molar-refractivity contribution in [3.63, 3.8) is 0 Å². The van der Waals surface area contributed by atoms with Gasteiger partial charge in [-0.15, -0.1) is 0 Å². The zero-order chi connectivity index (χ0) is 23.2. The lowest BCUT2D eigenvalue weighted by molar-refractivity contribution is 0.102. The van der Waals surface area contributed by atoms with Crippen LogP contribution in [0.3, 0.4) is 0 Å². The predicted octanol–water partition coefficient (Wildman–Crippen LogP) is 4.95. The molecule has 172 valence electrons. The molecule has 1 saturated heterocycles. The molecule has 1 aromatic heterocycles. The van der Waals surface area contributed by atoms with Crippen LogP contribution in [0.25, 0.3) is 0 Å². The molecule has 1 amide bonds. The minimum atomic E-state index is -0.478. The molecule has 1 aliphatic rings. The van der Waals surface area contributed by atoms with E-state index < -0.39 is 11.7 Å². The summed E-state index contributed by atoms with van der Waals surface area (Å²) in [5, 5.41) is 2.60. The van der Waals surface area contributed by atoms with Crippen molar-refractivity contribution in [2.75, 3.05) is 25.0 Å². The highest BCUT2D eigenvalue weighted by Gasteiger charge is 2.27. The van der Waals surface area contributed by atoms with E-state index in [9.17, 15) is 9.18 Å². The fraction of sp³-hybridized carbons (Fsp3) is 0.346. The highest BCUT2D eigenvalue weighted by Crippen LogP contribution is 2.28. The molecule has 0 saturated carbocycles. The van der Waals surface area contributed by atoms with Gasteiger partial charge in [0.1, 0.15) is 17.4 Å². The third-order valence-electron chi connectivity index (χ3n) is 5.83. The molecule has 1 N–H and O–H groups in total. The lowest BCUT2D eigenvalue weighted by atomic mass is 10.1. The van der Waals surface area contributed by atoms with Crippen LogP contribution in [0.4, 0.5) is 10.1 Å². The van der Waals surface area contributed by atoms with Gasteiger partial charge >= 0.3 is 0 Å². The fourth-order valence-corrected chi connectivity index (χ4v) is 4.07. The number of halogens is 1. The molecular weight excluding hydrogens is 419 g/mol. The van der Waals surface area contributed by atoms with Gasteiger partial charge in [0.15, 0.2) is 0 Å². The fourth-order valence-electron chi connectivity index (χ4n) is 4.07. The Morgan fingerprint density at radius 1 is 1.21 bits per heavy atom. The smallest absolute Gasteiger partial charge is 0.259 e. The van der Waals surface area contributed by atoms with Crippen molar-refractivity contribution in [1.82, 2.24) is 14.9 Å². The van der Waals surface area contributed by atoms with Crippen molar-refractivity contribution >= 4 is 11.6 Å². The van der Waals surface area contributed by atoms with Gasteiger partial charge in [-0.1, -0.05) is 37.3 Å². The second-order valence-electron chi connectivity index (χ2n) is 8.34. The molecule has 1 fully saturated rings. The largest absolute Gasteiger partial charge is 0.493 e. The Balaban J connectivity index is 1.40. The van der Waals surface area contributed by atoms with E-state index in [-0.39, 0.29) is 11.6 Å². The lowest BCUT2D eigenvalue weighted by Crippen LogP contribution is -2.21. The Kier molecular flexibility index (Phi) is 7.29. The van der Waals surface area contributed by atoms with Crippen LogP contribution >= 0.6 is 0 Å². The number of likely N-dealkylation sites (tertiary alicyclic amines) is 1. The van der Waals surface area contributed by atoms with Gasteiger partial charge in [-0.05, 0) is 44.5 Å². The Morgan fingerprint density at radius 2 is 2.00 bits per heavy atom. The van der Waals surface area contributed by atoms with Gasteiger partial charge < -0.3 is 10.1 Å². The number of anilines is 1. The second kappa shape index (κ2) is 10.5. The van der Waals surface area contributed by atoms with Crippen LogP contribution in [0.2, 0.25) is 0 Å². The Bertz CT molecular complexity index is 1120. The summed E-state index contributed by atoms with van der Waals surface area (Å²) >= 11 is 0. The average molecular weight is 449 g/mol. The maximum Gasteiger partial charge on any atom is 0.259 e. The molecule has 0 spiro atoms. The number of aromatic nitrogens is 2. The van der Waals surface area contributed by atoms with E-state index in [1.165, 1.54) is 17.7 Å². The van der Waals surface area contributed by atoms with Gasteiger partial charge in [-0.3, -0.25) is 9.69 Å². The van der Waals surface area contributed by atoms with Crippen LogP contribution < -0.4 is 10.1 Å². The van der Waals surface area contributed by atoms with Gasteiger partial charge in [0.05, 0.1) is 23.6 Å². The van der Waals surface area contributed by atoms with E-state index >= 15 is 0 Å². The third-order valence-corrected chi connectivity index (χ3v) is 5.83. The number of aryl methyl sites for hydroxylation is 1. The summed E-state index contributed by atoms with van der Waals surface area (Å²) in [4.78, 5) is 24.1. The number of carbonyl (C=O) groups excluding carboxylic acids is 1. The Morgan fingerprint density at radius 3 is 2.79 bits per heavy atom. The molecule has 0 aliphatic carbocycles. The number of para-hydroxylation sites is 2. The number of amides is 1. The number of carbonyl (C=O) groups is 1. The van der Waals surface area contributed by atoms with Gasteiger partial charge in [-0.2, -0.15) is 0 Å². The van der Waals surface area contributed by atoms with E-state index in [1.54, 1.807) is 25.3 Å². The molecule has 1 atom stereocenters. The number of nitrogens with one attached hydrogen (secondary N) is 1. The van der Waals surface area contributed by atoms with E-state index in [0.717, 1.165) is 44.0 Å². The van der Waals surface area contributed by atoms with Crippen LogP contribution in [0.5, 0.6) is 5.75 Å².